The maximum atomic E-state index is 7.58. The molecule has 0 bridgehead atoms. The monoisotopic (exact) mass is 433 g/mol. The Morgan fingerprint density at radius 2 is 1.84 bits per heavy atom. The quantitative estimate of drug-likeness (QED) is 0.623. The first-order chi connectivity index (χ1) is 15.1. The molecule has 4 rings (SSSR count). The smallest absolute Gasteiger partial charge is 0.223 e. The first-order valence-electron chi connectivity index (χ1n) is 11.3. The standard InChI is InChI=1S/C26H35N5O/c1-25(2)13-20(14-26(3,4)30-25)31(5)23-9-8-22-21-7-6-17(19(15-27)16-28)12-18(21)10-11-32-24(22)29-23/h6-9,12,15-16,20,27,30H,10-11,13-14,28H2,1-5H3/b19-16+,27-15?. The Kier molecular flexibility index (Phi) is 5.76. The summed E-state index contributed by atoms with van der Waals surface area (Å²) < 4.78 is 6.11. The second-order valence-electron chi connectivity index (χ2n) is 10.3. The summed E-state index contributed by atoms with van der Waals surface area (Å²) in [5, 5.41) is 11.3. The molecule has 0 spiro atoms. The van der Waals surface area contributed by atoms with E-state index in [4.69, 9.17) is 20.9 Å². The molecule has 32 heavy (non-hydrogen) atoms. The van der Waals surface area contributed by atoms with Crippen molar-refractivity contribution in [3.05, 3.63) is 47.7 Å². The lowest BCUT2D eigenvalue weighted by molar-refractivity contribution is 0.160. The molecule has 170 valence electrons. The Morgan fingerprint density at radius 3 is 2.50 bits per heavy atom. The Labute approximate surface area is 191 Å². The van der Waals surface area contributed by atoms with Crippen molar-refractivity contribution in [3.8, 4) is 17.0 Å². The molecule has 2 aliphatic rings. The number of pyridine rings is 1. The van der Waals surface area contributed by atoms with Gasteiger partial charge in [-0.25, -0.2) is 0 Å². The van der Waals surface area contributed by atoms with E-state index in [0.717, 1.165) is 41.8 Å². The van der Waals surface area contributed by atoms with Crippen molar-refractivity contribution >= 4 is 17.6 Å². The number of piperidine rings is 1. The van der Waals surface area contributed by atoms with Gasteiger partial charge < -0.3 is 26.1 Å². The van der Waals surface area contributed by atoms with Crippen molar-refractivity contribution in [2.75, 3.05) is 18.6 Å². The SMILES string of the molecule is CN(c1ccc2c(n1)OCCc1cc(/C(C=N)=C/N)ccc1-2)C1CC(C)(C)NC(C)(C)C1. The first-order valence-corrected chi connectivity index (χ1v) is 11.3. The van der Waals surface area contributed by atoms with E-state index in [2.05, 4.69) is 69.2 Å². The van der Waals surface area contributed by atoms with Gasteiger partial charge in [0.2, 0.25) is 5.88 Å². The van der Waals surface area contributed by atoms with E-state index in [9.17, 15) is 0 Å². The number of hydrogen-bond donors (Lipinski definition) is 3. The van der Waals surface area contributed by atoms with Crippen LogP contribution in [-0.4, -0.2) is 42.0 Å². The number of rotatable bonds is 4. The molecule has 0 atom stereocenters. The van der Waals surface area contributed by atoms with Gasteiger partial charge in [-0.1, -0.05) is 18.2 Å². The molecule has 3 heterocycles. The van der Waals surface area contributed by atoms with Gasteiger partial charge in [0.25, 0.3) is 0 Å². The number of anilines is 1. The summed E-state index contributed by atoms with van der Waals surface area (Å²) in [5.41, 5.74) is 10.8. The number of allylic oxidation sites excluding steroid dienone is 1. The highest BCUT2D eigenvalue weighted by Crippen LogP contribution is 2.38. The molecular formula is C26H35N5O. The Hall–Kier alpha value is -2.86. The number of aromatic nitrogens is 1. The molecule has 2 aliphatic heterocycles. The number of ether oxygens (including phenoxy) is 1. The van der Waals surface area contributed by atoms with Crippen LogP contribution < -0.4 is 20.7 Å². The molecule has 0 unspecified atom stereocenters. The van der Waals surface area contributed by atoms with Gasteiger partial charge in [-0.05, 0) is 69.4 Å². The molecule has 1 aromatic heterocycles. The van der Waals surface area contributed by atoms with Crippen LogP contribution in [0, 0.1) is 5.41 Å². The lowest BCUT2D eigenvalue weighted by atomic mass is 9.79. The maximum Gasteiger partial charge on any atom is 0.223 e. The number of hydrogen-bond acceptors (Lipinski definition) is 6. The average molecular weight is 434 g/mol. The van der Waals surface area contributed by atoms with E-state index >= 15 is 0 Å². The minimum absolute atomic E-state index is 0.0762. The van der Waals surface area contributed by atoms with Crippen LogP contribution in [0.4, 0.5) is 5.82 Å². The van der Waals surface area contributed by atoms with E-state index in [1.54, 1.807) is 0 Å². The van der Waals surface area contributed by atoms with Crippen molar-refractivity contribution in [1.82, 2.24) is 10.3 Å². The van der Waals surface area contributed by atoms with Gasteiger partial charge in [0, 0.05) is 54.1 Å². The zero-order valence-electron chi connectivity index (χ0n) is 19.8. The van der Waals surface area contributed by atoms with Crippen LogP contribution in [0.15, 0.2) is 36.5 Å². The minimum atomic E-state index is 0.0762. The topological polar surface area (TPSA) is 87.3 Å². The van der Waals surface area contributed by atoms with E-state index in [1.807, 2.05) is 6.07 Å². The van der Waals surface area contributed by atoms with Crippen molar-refractivity contribution in [2.24, 2.45) is 5.73 Å². The molecule has 0 aliphatic carbocycles. The van der Waals surface area contributed by atoms with Crippen molar-refractivity contribution in [2.45, 2.75) is 64.1 Å². The summed E-state index contributed by atoms with van der Waals surface area (Å²) in [5.74, 6) is 1.63. The second-order valence-corrected chi connectivity index (χ2v) is 10.3. The van der Waals surface area contributed by atoms with Gasteiger partial charge in [-0.15, -0.1) is 0 Å². The molecule has 4 N–H and O–H groups in total. The van der Waals surface area contributed by atoms with Crippen molar-refractivity contribution < 1.29 is 4.74 Å². The fourth-order valence-corrected chi connectivity index (χ4v) is 5.40. The number of nitrogens with zero attached hydrogens (tertiary/aromatic N) is 2. The largest absolute Gasteiger partial charge is 0.477 e. The van der Waals surface area contributed by atoms with Crippen LogP contribution in [0.2, 0.25) is 0 Å². The normalized spacial score (nSPS) is 19.8. The summed E-state index contributed by atoms with van der Waals surface area (Å²) in [6, 6.07) is 10.8. The zero-order valence-corrected chi connectivity index (χ0v) is 19.8. The lowest BCUT2D eigenvalue weighted by Gasteiger charge is -2.49. The van der Waals surface area contributed by atoms with E-state index < -0.39 is 0 Å². The number of nitrogens with one attached hydrogen (secondary N) is 2. The highest BCUT2D eigenvalue weighted by atomic mass is 16.5. The third kappa shape index (κ3) is 4.37. The molecule has 6 nitrogen and oxygen atoms in total. The van der Waals surface area contributed by atoms with Gasteiger partial charge in [0.05, 0.1) is 6.61 Å². The third-order valence-electron chi connectivity index (χ3n) is 6.60. The third-order valence-corrected chi connectivity index (χ3v) is 6.60. The van der Waals surface area contributed by atoms with Crippen LogP contribution in [0.3, 0.4) is 0 Å². The van der Waals surface area contributed by atoms with Gasteiger partial charge in [0.15, 0.2) is 0 Å². The molecular weight excluding hydrogens is 398 g/mol. The Balaban J connectivity index is 1.66. The molecule has 0 saturated carbocycles. The van der Waals surface area contributed by atoms with Gasteiger partial charge in [0.1, 0.15) is 5.82 Å². The van der Waals surface area contributed by atoms with Crippen LogP contribution in [0.5, 0.6) is 5.88 Å². The summed E-state index contributed by atoms with van der Waals surface area (Å²) in [6.45, 7) is 9.67. The number of fused-ring (bicyclic) bond motifs is 3. The molecule has 0 amide bonds. The van der Waals surface area contributed by atoms with E-state index in [1.165, 1.54) is 18.0 Å². The van der Waals surface area contributed by atoms with Crippen LogP contribution in [-0.2, 0) is 6.42 Å². The summed E-state index contributed by atoms with van der Waals surface area (Å²) in [6.07, 6.45) is 5.67. The fourth-order valence-electron chi connectivity index (χ4n) is 5.40. The highest BCUT2D eigenvalue weighted by molar-refractivity contribution is 6.08. The molecule has 1 fully saturated rings. The summed E-state index contributed by atoms with van der Waals surface area (Å²) in [4.78, 5) is 7.26. The predicted molar refractivity (Wildman–Crippen MR) is 133 cm³/mol. The summed E-state index contributed by atoms with van der Waals surface area (Å²) in [7, 11) is 2.14. The molecule has 1 aromatic carbocycles. The van der Waals surface area contributed by atoms with Crippen LogP contribution in [0.25, 0.3) is 16.7 Å². The zero-order chi connectivity index (χ0) is 23.1. The van der Waals surface area contributed by atoms with Gasteiger partial charge in [-0.2, -0.15) is 4.98 Å². The van der Waals surface area contributed by atoms with Gasteiger partial charge in [-0.3, -0.25) is 0 Å². The lowest BCUT2D eigenvalue weighted by Crippen LogP contribution is -2.62. The second kappa shape index (κ2) is 8.24. The van der Waals surface area contributed by atoms with Crippen molar-refractivity contribution in [1.29, 1.82) is 5.41 Å². The van der Waals surface area contributed by atoms with Crippen LogP contribution >= 0.6 is 0 Å². The first kappa shape index (κ1) is 22.3. The Bertz CT molecular complexity index is 1040. The number of nitrogens with two attached hydrogens (primary N) is 1. The summed E-state index contributed by atoms with van der Waals surface area (Å²) >= 11 is 0. The average Bonchev–Trinajstić information content (AvgIpc) is 2.90. The minimum Gasteiger partial charge on any atom is -0.477 e. The van der Waals surface area contributed by atoms with Crippen LogP contribution in [0.1, 0.15) is 51.7 Å². The molecule has 2 aromatic rings. The van der Waals surface area contributed by atoms with Gasteiger partial charge >= 0.3 is 0 Å². The maximum absolute atomic E-state index is 7.58. The molecule has 1 saturated heterocycles. The molecule has 0 radical (unpaired) electrons. The van der Waals surface area contributed by atoms with E-state index in [0.29, 0.717) is 24.1 Å². The van der Waals surface area contributed by atoms with E-state index in [-0.39, 0.29) is 11.1 Å². The van der Waals surface area contributed by atoms with Crippen molar-refractivity contribution in [3.63, 3.8) is 0 Å². The fraction of sp³-hybridized carbons (Fsp3) is 0.462. The number of benzene rings is 1. The Morgan fingerprint density at radius 1 is 1.16 bits per heavy atom. The molecule has 6 heteroatoms. The predicted octanol–water partition coefficient (Wildman–Crippen LogP) is 4.38. The highest BCUT2D eigenvalue weighted by Gasteiger charge is 2.39.